The number of nitrogens with one attached hydrogen (secondary N) is 1. The quantitative estimate of drug-likeness (QED) is 0.755. The molecule has 116 valence electrons. The fourth-order valence-corrected chi connectivity index (χ4v) is 2.49. The highest BCUT2D eigenvalue weighted by molar-refractivity contribution is 6.11. The number of nitrogen functional groups attached to an aromatic ring is 1. The van der Waals surface area contributed by atoms with E-state index in [0.29, 0.717) is 11.6 Å². The number of nitrogens with two attached hydrogens (primary N) is 1. The molecule has 1 aliphatic carbocycles. The fraction of sp³-hybridized carbons (Fsp3) is 0.214. The van der Waals surface area contributed by atoms with Gasteiger partial charge in [-0.1, -0.05) is 0 Å². The number of anilines is 2. The maximum absolute atomic E-state index is 13.2. The van der Waals surface area contributed by atoms with Crippen LogP contribution in [0.25, 0.3) is 5.65 Å². The zero-order valence-electron chi connectivity index (χ0n) is 11.9. The molecule has 0 aliphatic heterocycles. The molecule has 0 aromatic carbocycles. The molecular formula is C14H12FN7O. The molecule has 3 N–H and O–H groups in total. The third kappa shape index (κ3) is 2.35. The summed E-state index contributed by atoms with van der Waals surface area (Å²) in [6, 6.07) is 0. The van der Waals surface area contributed by atoms with E-state index in [9.17, 15) is 9.18 Å². The number of halogens is 1. The molecule has 3 heterocycles. The zero-order chi connectivity index (χ0) is 16.0. The molecule has 0 bridgehead atoms. The van der Waals surface area contributed by atoms with Crippen molar-refractivity contribution in [2.24, 2.45) is 0 Å². The number of aromatic nitrogens is 5. The highest BCUT2D eigenvalue weighted by atomic mass is 19.1. The van der Waals surface area contributed by atoms with Crippen LogP contribution in [0, 0.1) is 5.82 Å². The highest BCUT2D eigenvalue weighted by Crippen LogP contribution is 2.42. The Morgan fingerprint density at radius 2 is 2.09 bits per heavy atom. The first-order chi connectivity index (χ1) is 11.1. The van der Waals surface area contributed by atoms with Gasteiger partial charge in [0.05, 0.1) is 30.5 Å². The third-order valence-electron chi connectivity index (χ3n) is 3.72. The number of fused-ring (bicyclic) bond motifs is 1. The molecule has 1 aliphatic rings. The Labute approximate surface area is 129 Å². The van der Waals surface area contributed by atoms with Gasteiger partial charge in [-0.25, -0.2) is 13.9 Å². The molecule has 3 aromatic rings. The summed E-state index contributed by atoms with van der Waals surface area (Å²) in [6.45, 7) is 0. The smallest absolute Gasteiger partial charge is 0.263 e. The lowest BCUT2D eigenvalue weighted by Crippen LogP contribution is -2.15. The van der Waals surface area contributed by atoms with Crippen molar-refractivity contribution in [1.29, 1.82) is 0 Å². The molecule has 0 unspecified atom stereocenters. The molecule has 9 heteroatoms. The predicted octanol–water partition coefficient (Wildman–Crippen LogP) is 1.37. The van der Waals surface area contributed by atoms with Crippen molar-refractivity contribution in [3.8, 4) is 0 Å². The van der Waals surface area contributed by atoms with Gasteiger partial charge in [-0.2, -0.15) is 10.2 Å². The first-order valence-electron chi connectivity index (χ1n) is 7.05. The van der Waals surface area contributed by atoms with Crippen molar-refractivity contribution in [3.63, 3.8) is 0 Å². The van der Waals surface area contributed by atoms with Crippen molar-refractivity contribution >= 4 is 23.1 Å². The van der Waals surface area contributed by atoms with E-state index in [0.717, 1.165) is 35.3 Å². The van der Waals surface area contributed by atoms with Crippen LogP contribution in [-0.4, -0.2) is 30.7 Å². The lowest BCUT2D eigenvalue weighted by molar-refractivity contribution is 0.102. The van der Waals surface area contributed by atoms with Crippen molar-refractivity contribution in [2.75, 3.05) is 11.1 Å². The Bertz CT molecular complexity index is 919. The van der Waals surface area contributed by atoms with Gasteiger partial charge in [0.25, 0.3) is 5.91 Å². The summed E-state index contributed by atoms with van der Waals surface area (Å²) in [5.74, 6) is -0.655. The van der Waals surface area contributed by atoms with Gasteiger partial charge >= 0.3 is 0 Å². The van der Waals surface area contributed by atoms with Gasteiger partial charge in [-0.05, 0) is 18.8 Å². The lowest BCUT2D eigenvalue weighted by Gasteiger charge is -2.08. The second-order valence-corrected chi connectivity index (χ2v) is 5.39. The number of hydrogen-bond acceptors (Lipinski definition) is 6. The number of rotatable bonds is 3. The number of carbonyl (C=O) groups excluding carboxylic acids is 1. The van der Waals surface area contributed by atoms with Gasteiger partial charge in [0.15, 0.2) is 17.3 Å². The van der Waals surface area contributed by atoms with Crippen molar-refractivity contribution in [1.82, 2.24) is 24.8 Å². The van der Waals surface area contributed by atoms with Crippen LogP contribution in [0.15, 0.2) is 24.8 Å². The van der Waals surface area contributed by atoms with Crippen LogP contribution in [0.4, 0.5) is 15.9 Å². The third-order valence-corrected chi connectivity index (χ3v) is 3.72. The Morgan fingerprint density at radius 1 is 1.30 bits per heavy atom. The minimum absolute atomic E-state index is 0.0180. The van der Waals surface area contributed by atoms with E-state index in [2.05, 4.69) is 25.6 Å². The summed E-state index contributed by atoms with van der Waals surface area (Å²) in [5, 5.41) is 14.3. The van der Waals surface area contributed by atoms with E-state index in [1.807, 2.05) is 0 Å². The standard InChI is InChI=1S/C14H12FN7O/c15-8-3-17-13-11(12(16)21-22(13)6-8)14(23)20-10-5-19-18-4-9(10)7-1-2-7/h3-7H,1-2H2,(H2,16,21)(H,18,20,23). The first kappa shape index (κ1) is 13.6. The SMILES string of the molecule is Nc1nn2cc(F)cnc2c1C(=O)Nc1cnncc1C1CC1. The summed E-state index contributed by atoms with van der Waals surface area (Å²) >= 11 is 0. The van der Waals surface area contributed by atoms with Crippen molar-refractivity contribution in [2.45, 2.75) is 18.8 Å². The first-order valence-corrected chi connectivity index (χ1v) is 7.05. The molecule has 8 nitrogen and oxygen atoms in total. The Kier molecular flexibility index (Phi) is 2.93. The molecule has 3 aromatic heterocycles. The predicted molar refractivity (Wildman–Crippen MR) is 79.3 cm³/mol. The lowest BCUT2D eigenvalue weighted by atomic mass is 10.1. The number of amides is 1. The Hall–Kier alpha value is -3.10. The normalized spacial score (nSPS) is 14.1. The minimum atomic E-state index is -0.568. The van der Waals surface area contributed by atoms with Crippen LogP contribution in [0.5, 0.6) is 0 Å². The van der Waals surface area contributed by atoms with Crippen LogP contribution in [0.2, 0.25) is 0 Å². The van der Waals surface area contributed by atoms with Crippen molar-refractivity contribution < 1.29 is 9.18 Å². The molecule has 1 fully saturated rings. The van der Waals surface area contributed by atoms with E-state index in [-0.39, 0.29) is 17.0 Å². The van der Waals surface area contributed by atoms with E-state index in [1.165, 1.54) is 6.20 Å². The average Bonchev–Trinajstić information content (AvgIpc) is 3.30. The molecular weight excluding hydrogens is 301 g/mol. The summed E-state index contributed by atoms with van der Waals surface area (Å²) in [6.07, 6.45) is 7.40. The van der Waals surface area contributed by atoms with Crippen LogP contribution >= 0.6 is 0 Å². The summed E-state index contributed by atoms with van der Waals surface area (Å²) in [5.41, 5.74) is 7.61. The van der Waals surface area contributed by atoms with Crippen LogP contribution in [0.3, 0.4) is 0 Å². The molecule has 4 rings (SSSR count). The zero-order valence-corrected chi connectivity index (χ0v) is 11.9. The second-order valence-electron chi connectivity index (χ2n) is 5.39. The molecule has 1 amide bonds. The maximum atomic E-state index is 13.2. The molecule has 0 spiro atoms. The monoisotopic (exact) mass is 313 g/mol. The number of nitrogens with zero attached hydrogens (tertiary/aromatic N) is 5. The highest BCUT2D eigenvalue weighted by Gasteiger charge is 2.28. The van der Waals surface area contributed by atoms with E-state index < -0.39 is 11.7 Å². The molecule has 1 saturated carbocycles. The van der Waals surface area contributed by atoms with Crippen LogP contribution < -0.4 is 11.1 Å². The molecule has 0 atom stereocenters. The fourth-order valence-electron chi connectivity index (χ4n) is 2.49. The minimum Gasteiger partial charge on any atom is -0.381 e. The average molecular weight is 313 g/mol. The van der Waals surface area contributed by atoms with Gasteiger partial charge in [-0.3, -0.25) is 4.79 Å². The molecule has 23 heavy (non-hydrogen) atoms. The largest absolute Gasteiger partial charge is 0.381 e. The Morgan fingerprint density at radius 3 is 2.87 bits per heavy atom. The van der Waals surface area contributed by atoms with E-state index in [1.54, 1.807) is 6.20 Å². The van der Waals surface area contributed by atoms with Gasteiger partial charge in [0.2, 0.25) is 0 Å². The summed E-state index contributed by atoms with van der Waals surface area (Å²) < 4.78 is 14.3. The van der Waals surface area contributed by atoms with Crippen LogP contribution in [0.1, 0.15) is 34.7 Å². The van der Waals surface area contributed by atoms with E-state index in [4.69, 9.17) is 5.73 Å². The number of hydrogen-bond donors (Lipinski definition) is 2. The van der Waals surface area contributed by atoms with Gasteiger partial charge < -0.3 is 11.1 Å². The van der Waals surface area contributed by atoms with Crippen molar-refractivity contribution in [3.05, 3.63) is 41.7 Å². The Balaban J connectivity index is 1.71. The summed E-state index contributed by atoms with van der Waals surface area (Å²) in [7, 11) is 0. The molecule has 0 radical (unpaired) electrons. The topological polar surface area (TPSA) is 111 Å². The van der Waals surface area contributed by atoms with Crippen LogP contribution in [-0.2, 0) is 0 Å². The molecule has 0 saturated heterocycles. The van der Waals surface area contributed by atoms with E-state index >= 15 is 0 Å². The van der Waals surface area contributed by atoms with Gasteiger partial charge in [0.1, 0.15) is 5.56 Å². The van der Waals surface area contributed by atoms with Gasteiger partial charge in [0, 0.05) is 5.56 Å². The summed E-state index contributed by atoms with van der Waals surface area (Å²) in [4.78, 5) is 16.5. The second kappa shape index (κ2) is 4.97. The van der Waals surface area contributed by atoms with Gasteiger partial charge in [-0.15, -0.1) is 5.10 Å². The maximum Gasteiger partial charge on any atom is 0.263 e. The number of carbonyl (C=O) groups is 1.